The van der Waals surface area contributed by atoms with Crippen molar-refractivity contribution in [3.63, 3.8) is 0 Å². The van der Waals surface area contributed by atoms with Crippen LogP contribution in [-0.4, -0.2) is 29.7 Å². The van der Waals surface area contributed by atoms with Crippen LogP contribution in [0.4, 0.5) is 13.2 Å². The SMILES string of the molecule is C[C@@H](c1ccc(C(F)(F)F)cc1)n1nc(C#N)c2c(=O)[nH]c(C3CCC3c3ncccn3)nc21. The molecule has 0 saturated heterocycles. The number of hydrogen-bond donors (Lipinski definition) is 1. The molecule has 5 rings (SSSR count). The number of halogens is 3. The Balaban J connectivity index is 1.57. The quantitative estimate of drug-likeness (QED) is 0.486. The van der Waals surface area contributed by atoms with Gasteiger partial charge in [0, 0.05) is 24.2 Å². The van der Waals surface area contributed by atoms with Gasteiger partial charge in [-0.2, -0.15) is 23.5 Å². The Morgan fingerprint density at radius 1 is 1.15 bits per heavy atom. The Morgan fingerprint density at radius 2 is 1.82 bits per heavy atom. The van der Waals surface area contributed by atoms with Crippen molar-refractivity contribution >= 4 is 11.0 Å². The van der Waals surface area contributed by atoms with E-state index in [2.05, 4.69) is 25.0 Å². The van der Waals surface area contributed by atoms with Crippen molar-refractivity contribution in [2.45, 2.75) is 43.8 Å². The number of hydrogen-bond acceptors (Lipinski definition) is 6. The van der Waals surface area contributed by atoms with E-state index in [9.17, 15) is 23.2 Å². The molecule has 8 nitrogen and oxygen atoms in total. The van der Waals surface area contributed by atoms with Crippen molar-refractivity contribution in [2.75, 3.05) is 0 Å². The molecular formula is C23H18F3N7O. The number of nitriles is 1. The van der Waals surface area contributed by atoms with E-state index in [1.54, 1.807) is 25.4 Å². The summed E-state index contributed by atoms with van der Waals surface area (Å²) >= 11 is 0. The van der Waals surface area contributed by atoms with Gasteiger partial charge in [-0.15, -0.1) is 0 Å². The van der Waals surface area contributed by atoms with Gasteiger partial charge < -0.3 is 4.98 Å². The summed E-state index contributed by atoms with van der Waals surface area (Å²) in [5.74, 6) is 1.02. The first-order valence-electron chi connectivity index (χ1n) is 10.6. The van der Waals surface area contributed by atoms with Gasteiger partial charge in [-0.1, -0.05) is 12.1 Å². The molecule has 0 amide bonds. The highest BCUT2D eigenvalue weighted by molar-refractivity contribution is 5.80. The zero-order valence-electron chi connectivity index (χ0n) is 17.9. The third kappa shape index (κ3) is 3.61. The zero-order valence-corrected chi connectivity index (χ0v) is 17.9. The third-order valence-corrected chi connectivity index (χ3v) is 6.32. The maximum absolute atomic E-state index is 12.9. The summed E-state index contributed by atoms with van der Waals surface area (Å²) < 4.78 is 40.3. The van der Waals surface area contributed by atoms with E-state index in [4.69, 9.17) is 0 Å². The summed E-state index contributed by atoms with van der Waals surface area (Å²) in [4.78, 5) is 29.0. The van der Waals surface area contributed by atoms with Crippen molar-refractivity contribution in [3.05, 3.63) is 81.5 Å². The molecule has 1 aliphatic rings. The van der Waals surface area contributed by atoms with Crippen LogP contribution in [0.1, 0.15) is 66.1 Å². The van der Waals surface area contributed by atoms with Gasteiger partial charge >= 0.3 is 6.18 Å². The zero-order chi connectivity index (χ0) is 24.0. The second kappa shape index (κ2) is 8.06. The Kier molecular flexibility index (Phi) is 5.16. The minimum Gasteiger partial charge on any atom is -0.310 e. The van der Waals surface area contributed by atoms with Gasteiger partial charge in [0.2, 0.25) is 0 Å². The number of aromatic amines is 1. The molecule has 0 aliphatic heterocycles. The molecule has 3 heterocycles. The smallest absolute Gasteiger partial charge is 0.310 e. The first kappa shape index (κ1) is 21.8. The van der Waals surface area contributed by atoms with Gasteiger partial charge in [-0.3, -0.25) is 4.79 Å². The van der Waals surface area contributed by atoms with Crippen LogP contribution in [0.5, 0.6) is 0 Å². The molecule has 1 aromatic carbocycles. The normalized spacial score (nSPS) is 18.9. The first-order valence-corrected chi connectivity index (χ1v) is 10.6. The van der Waals surface area contributed by atoms with E-state index in [0.717, 1.165) is 25.0 Å². The van der Waals surface area contributed by atoms with Gasteiger partial charge in [0.05, 0.1) is 11.6 Å². The summed E-state index contributed by atoms with van der Waals surface area (Å²) in [6, 6.07) is 7.78. The van der Waals surface area contributed by atoms with Crippen LogP contribution in [0.15, 0.2) is 47.5 Å². The lowest BCUT2D eigenvalue weighted by Crippen LogP contribution is -2.28. The monoisotopic (exact) mass is 465 g/mol. The topological polar surface area (TPSA) is 113 Å². The Morgan fingerprint density at radius 3 is 2.41 bits per heavy atom. The number of nitrogens with zero attached hydrogens (tertiary/aromatic N) is 6. The van der Waals surface area contributed by atoms with E-state index >= 15 is 0 Å². The fourth-order valence-corrected chi connectivity index (χ4v) is 4.32. The van der Waals surface area contributed by atoms with Crippen LogP contribution < -0.4 is 5.56 Å². The number of aromatic nitrogens is 6. The summed E-state index contributed by atoms with van der Waals surface area (Å²) in [5.41, 5.74) is -0.595. The molecule has 3 aromatic heterocycles. The minimum absolute atomic E-state index is 0.000875. The van der Waals surface area contributed by atoms with E-state index < -0.39 is 23.3 Å². The number of H-pyrrole nitrogens is 1. The Labute approximate surface area is 191 Å². The van der Waals surface area contributed by atoms with Crippen molar-refractivity contribution < 1.29 is 13.2 Å². The van der Waals surface area contributed by atoms with Crippen molar-refractivity contribution in [3.8, 4) is 6.07 Å². The van der Waals surface area contributed by atoms with Gasteiger partial charge in [-0.25, -0.2) is 19.6 Å². The van der Waals surface area contributed by atoms with Crippen molar-refractivity contribution in [1.29, 1.82) is 5.26 Å². The number of nitrogens with one attached hydrogen (secondary N) is 1. The molecule has 1 fully saturated rings. The average molecular weight is 465 g/mol. The highest BCUT2D eigenvalue weighted by atomic mass is 19.4. The summed E-state index contributed by atoms with van der Waals surface area (Å²) in [7, 11) is 0. The third-order valence-electron chi connectivity index (χ3n) is 6.32. The molecule has 1 N–H and O–H groups in total. The predicted octanol–water partition coefficient (Wildman–Crippen LogP) is 4.07. The van der Waals surface area contributed by atoms with Gasteiger partial charge in [0.25, 0.3) is 5.56 Å². The molecule has 1 saturated carbocycles. The van der Waals surface area contributed by atoms with E-state index in [1.165, 1.54) is 16.8 Å². The van der Waals surface area contributed by atoms with Gasteiger partial charge in [0.15, 0.2) is 11.3 Å². The fourth-order valence-electron chi connectivity index (χ4n) is 4.32. The van der Waals surface area contributed by atoms with Crippen molar-refractivity contribution in [1.82, 2.24) is 29.7 Å². The first-order chi connectivity index (χ1) is 16.3. The lowest BCUT2D eigenvalue weighted by atomic mass is 9.72. The highest BCUT2D eigenvalue weighted by Crippen LogP contribution is 2.46. The Hall–Kier alpha value is -4.07. The fraction of sp³-hybridized carbons (Fsp3) is 0.304. The van der Waals surface area contributed by atoms with Crippen LogP contribution in [-0.2, 0) is 6.18 Å². The Bertz CT molecular complexity index is 1450. The molecular weight excluding hydrogens is 447 g/mol. The van der Waals surface area contributed by atoms with E-state index in [0.29, 0.717) is 17.2 Å². The molecule has 0 spiro atoms. The van der Waals surface area contributed by atoms with Crippen LogP contribution in [0, 0.1) is 11.3 Å². The molecule has 3 atom stereocenters. The number of fused-ring (bicyclic) bond motifs is 1. The molecule has 0 radical (unpaired) electrons. The van der Waals surface area contributed by atoms with Crippen molar-refractivity contribution in [2.24, 2.45) is 0 Å². The van der Waals surface area contributed by atoms with Crippen LogP contribution in [0.3, 0.4) is 0 Å². The average Bonchev–Trinajstić information content (AvgIpc) is 3.17. The molecule has 172 valence electrons. The number of benzene rings is 1. The standard InChI is InChI=1S/C23H18F3N7O/c1-12(13-3-5-14(6-4-13)23(24,25)26)33-21-18(17(11-27)32-33)22(34)31-20(30-21)16-8-7-15(16)19-28-9-2-10-29-19/h2-6,9-10,12,15-16H,7-8H2,1H3,(H,30,31,34)/t12-,15?,16?/m0/s1. The van der Waals surface area contributed by atoms with Crippen LogP contribution >= 0.6 is 0 Å². The van der Waals surface area contributed by atoms with E-state index in [-0.39, 0.29) is 28.6 Å². The second-order valence-electron chi connectivity index (χ2n) is 8.25. The summed E-state index contributed by atoms with van der Waals surface area (Å²) in [6.45, 7) is 1.72. The molecule has 0 bridgehead atoms. The lowest BCUT2D eigenvalue weighted by Gasteiger charge is -2.34. The predicted molar refractivity (Wildman–Crippen MR) is 115 cm³/mol. The highest BCUT2D eigenvalue weighted by Gasteiger charge is 2.38. The summed E-state index contributed by atoms with van der Waals surface area (Å²) in [5, 5.41) is 13.8. The largest absolute Gasteiger partial charge is 0.416 e. The van der Waals surface area contributed by atoms with Gasteiger partial charge in [0.1, 0.15) is 23.1 Å². The van der Waals surface area contributed by atoms with E-state index in [1.807, 2.05) is 6.07 Å². The van der Waals surface area contributed by atoms with Crippen LogP contribution in [0.25, 0.3) is 11.0 Å². The summed E-state index contributed by atoms with van der Waals surface area (Å²) in [6.07, 6.45) is 0.514. The molecule has 2 unspecified atom stereocenters. The van der Waals surface area contributed by atoms with Crippen LogP contribution in [0.2, 0.25) is 0 Å². The molecule has 11 heteroatoms. The second-order valence-corrected chi connectivity index (χ2v) is 8.25. The molecule has 34 heavy (non-hydrogen) atoms. The maximum Gasteiger partial charge on any atom is 0.416 e. The molecule has 4 aromatic rings. The van der Waals surface area contributed by atoms with Gasteiger partial charge in [-0.05, 0) is 43.5 Å². The number of alkyl halides is 3. The molecule has 1 aliphatic carbocycles. The number of rotatable bonds is 4. The minimum atomic E-state index is -4.44. The maximum atomic E-state index is 12.9. The lowest BCUT2D eigenvalue weighted by molar-refractivity contribution is -0.137.